The Morgan fingerprint density at radius 2 is 1.96 bits per heavy atom. The Morgan fingerprint density at radius 1 is 1.17 bits per heavy atom. The molecule has 2 nitrogen and oxygen atoms in total. The van der Waals surface area contributed by atoms with E-state index >= 15 is 0 Å². The minimum atomic E-state index is -0.856. The van der Waals surface area contributed by atoms with Gasteiger partial charge >= 0.3 is 0 Å². The summed E-state index contributed by atoms with van der Waals surface area (Å²) in [7, 11) is 4.20. The van der Waals surface area contributed by atoms with Crippen LogP contribution in [-0.4, -0.2) is 30.6 Å². The molecular formula is C21H27NOS. The topological polar surface area (TPSA) is 23.5 Å². The van der Waals surface area contributed by atoms with Crippen LogP contribution < -0.4 is 0 Å². The van der Waals surface area contributed by atoms with E-state index in [0.29, 0.717) is 0 Å². The number of hydrogen-bond donors (Lipinski definition) is 1. The van der Waals surface area contributed by atoms with Crippen molar-refractivity contribution in [1.82, 2.24) is 4.90 Å². The van der Waals surface area contributed by atoms with E-state index in [1.165, 1.54) is 17.6 Å². The minimum absolute atomic E-state index is 0.226. The van der Waals surface area contributed by atoms with Crippen LogP contribution in [0.1, 0.15) is 36.1 Å². The van der Waals surface area contributed by atoms with E-state index in [1.807, 2.05) is 6.07 Å². The van der Waals surface area contributed by atoms with Gasteiger partial charge in [0.15, 0.2) is 0 Å². The molecule has 3 heteroatoms. The second-order valence-corrected chi connectivity index (χ2v) is 7.98. The number of hydrogen-bond acceptors (Lipinski definition) is 3. The maximum Gasteiger partial charge on any atom is 0.124 e. The molecule has 1 heterocycles. The highest BCUT2D eigenvalue weighted by atomic mass is 32.1. The van der Waals surface area contributed by atoms with E-state index in [4.69, 9.17) is 0 Å². The second kappa shape index (κ2) is 7.64. The first-order valence-corrected chi connectivity index (χ1v) is 9.66. The number of aliphatic hydroxyl groups is 1. The molecule has 0 saturated heterocycles. The first-order valence-electron chi connectivity index (χ1n) is 8.78. The van der Waals surface area contributed by atoms with Crippen LogP contribution in [0.2, 0.25) is 0 Å². The third kappa shape index (κ3) is 3.64. The van der Waals surface area contributed by atoms with Gasteiger partial charge in [-0.1, -0.05) is 48.9 Å². The van der Waals surface area contributed by atoms with Gasteiger partial charge in [-0.15, -0.1) is 11.3 Å². The van der Waals surface area contributed by atoms with Crippen LogP contribution in [0.3, 0.4) is 0 Å². The molecule has 1 fully saturated rings. The molecule has 0 spiro atoms. The van der Waals surface area contributed by atoms with Gasteiger partial charge in [0.1, 0.15) is 5.60 Å². The first-order chi connectivity index (χ1) is 11.6. The van der Waals surface area contributed by atoms with E-state index in [1.54, 1.807) is 11.3 Å². The van der Waals surface area contributed by atoms with Gasteiger partial charge in [-0.05, 0) is 55.9 Å². The molecule has 1 saturated carbocycles. The lowest BCUT2D eigenvalue weighted by atomic mass is 9.77. The zero-order chi connectivity index (χ0) is 17.0. The molecule has 128 valence electrons. The lowest BCUT2D eigenvalue weighted by Crippen LogP contribution is -2.41. The van der Waals surface area contributed by atoms with Gasteiger partial charge < -0.3 is 10.0 Å². The number of nitrogens with zero attached hydrogens (tertiary/aromatic N) is 1. The van der Waals surface area contributed by atoms with Crippen molar-refractivity contribution in [3.8, 4) is 0 Å². The molecule has 1 aliphatic carbocycles. The Kier molecular flexibility index (Phi) is 5.54. The average molecular weight is 342 g/mol. The van der Waals surface area contributed by atoms with E-state index in [2.05, 4.69) is 66.8 Å². The number of thiophene rings is 1. The molecule has 0 amide bonds. The fraction of sp³-hybridized carbons (Fsp3) is 0.429. The highest BCUT2D eigenvalue weighted by Gasteiger charge is 2.43. The summed E-state index contributed by atoms with van der Waals surface area (Å²) < 4.78 is 0. The van der Waals surface area contributed by atoms with Crippen molar-refractivity contribution >= 4 is 17.4 Å². The maximum atomic E-state index is 12.0. The van der Waals surface area contributed by atoms with E-state index < -0.39 is 5.60 Å². The van der Waals surface area contributed by atoms with Crippen molar-refractivity contribution in [3.63, 3.8) is 0 Å². The smallest absolute Gasteiger partial charge is 0.124 e. The van der Waals surface area contributed by atoms with Crippen molar-refractivity contribution in [2.45, 2.75) is 31.3 Å². The normalized spacial score (nSPS) is 26.7. The summed E-state index contributed by atoms with van der Waals surface area (Å²) in [6, 6.07) is 14.5. The molecule has 2 aromatic rings. The lowest BCUT2D eigenvalue weighted by molar-refractivity contribution is 0.00369. The number of benzene rings is 1. The van der Waals surface area contributed by atoms with Gasteiger partial charge in [0.2, 0.25) is 0 Å². The summed E-state index contributed by atoms with van der Waals surface area (Å²) in [4.78, 5) is 3.28. The Morgan fingerprint density at radius 3 is 2.62 bits per heavy atom. The van der Waals surface area contributed by atoms with Crippen LogP contribution in [0.5, 0.6) is 0 Å². The third-order valence-electron chi connectivity index (χ3n) is 4.95. The summed E-state index contributed by atoms with van der Waals surface area (Å²) in [5.74, 6) is 0.226. The summed E-state index contributed by atoms with van der Waals surface area (Å²) >= 11 is 1.67. The van der Waals surface area contributed by atoms with Crippen LogP contribution in [0.15, 0.2) is 53.4 Å². The van der Waals surface area contributed by atoms with Crippen molar-refractivity contribution in [3.05, 3.63) is 63.9 Å². The Bertz CT molecular complexity index is 662. The minimum Gasteiger partial charge on any atom is -0.380 e. The Labute approximate surface area is 149 Å². The van der Waals surface area contributed by atoms with E-state index in [-0.39, 0.29) is 5.92 Å². The summed E-state index contributed by atoms with van der Waals surface area (Å²) in [5, 5.41) is 14.0. The zero-order valence-corrected chi connectivity index (χ0v) is 15.4. The van der Waals surface area contributed by atoms with Crippen LogP contribution in [0.4, 0.5) is 0 Å². The molecule has 1 N–H and O–H groups in total. The van der Waals surface area contributed by atoms with Gasteiger partial charge in [0, 0.05) is 17.3 Å². The SMILES string of the molecule is CN(C)CC1CCCCC(=Cc2ccccc2)C1(O)c1cccs1. The van der Waals surface area contributed by atoms with Crippen molar-refractivity contribution in [2.75, 3.05) is 20.6 Å². The molecule has 2 unspecified atom stereocenters. The third-order valence-corrected chi connectivity index (χ3v) is 5.95. The van der Waals surface area contributed by atoms with Gasteiger partial charge in [-0.3, -0.25) is 0 Å². The van der Waals surface area contributed by atoms with E-state index in [0.717, 1.165) is 30.7 Å². The Balaban J connectivity index is 2.08. The molecule has 24 heavy (non-hydrogen) atoms. The lowest BCUT2D eigenvalue weighted by Gasteiger charge is -2.38. The van der Waals surface area contributed by atoms with Crippen molar-refractivity contribution < 1.29 is 5.11 Å². The molecule has 2 atom stereocenters. The highest BCUT2D eigenvalue weighted by Crippen LogP contribution is 2.46. The largest absolute Gasteiger partial charge is 0.380 e. The van der Waals surface area contributed by atoms with Crippen LogP contribution in [0, 0.1) is 5.92 Å². The fourth-order valence-corrected chi connectivity index (χ4v) is 4.76. The molecule has 0 bridgehead atoms. The molecule has 3 rings (SSSR count). The molecule has 0 radical (unpaired) electrons. The van der Waals surface area contributed by atoms with Crippen LogP contribution in [-0.2, 0) is 5.60 Å². The summed E-state index contributed by atoms with van der Waals surface area (Å²) in [6.07, 6.45) is 6.58. The van der Waals surface area contributed by atoms with Crippen LogP contribution in [0.25, 0.3) is 6.08 Å². The molecule has 1 aliphatic rings. The van der Waals surface area contributed by atoms with Gasteiger partial charge in [-0.2, -0.15) is 0 Å². The predicted octanol–water partition coefficient (Wildman–Crippen LogP) is 4.77. The Hall–Kier alpha value is -1.42. The fourth-order valence-electron chi connectivity index (χ4n) is 3.82. The zero-order valence-electron chi connectivity index (χ0n) is 14.6. The van der Waals surface area contributed by atoms with Gasteiger partial charge in [0.05, 0.1) is 0 Å². The monoisotopic (exact) mass is 341 g/mol. The van der Waals surface area contributed by atoms with Gasteiger partial charge in [0.25, 0.3) is 0 Å². The highest BCUT2D eigenvalue weighted by molar-refractivity contribution is 7.10. The van der Waals surface area contributed by atoms with E-state index in [9.17, 15) is 5.11 Å². The summed E-state index contributed by atoms with van der Waals surface area (Å²) in [6.45, 7) is 0.903. The number of rotatable bonds is 4. The average Bonchev–Trinajstić information content (AvgIpc) is 3.07. The van der Waals surface area contributed by atoms with Crippen LogP contribution >= 0.6 is 11.3 Å². The standard InChI is InChI=1S/C21H27NOS/c1-22(2)16-19-12-7-6-11-18(15-17-9-4-3-5-10-17)21(19,23)20-13-8-14-24-20/h3-5,8-10,13-15,19,23H,6-7,11-12,16H2,1-2H3. The first kappa shape index (κ1) is 17.4. The predicted molar refractivity (Wildman–Crippen MR) is 103 cm³/mol. The maximum absolute atomic E-state index is 12.0. The summed E-state index contributed by atoms with van der Waals surface area (Å²) in [5.41, 5.74) is 1.48. The van der Waals surface area contributed by atoms with Crippen molar-refractivity contribution in [2.24, 2.45) is 5.92 Å². The molecular weight excluding hydrogens is 314 g/mol. The molecule has 1 aromatic heterocycles. The molecule has 1 aromatic carbocycles. The quantitative estimate of drug-likeness (QED) is 0.810. The van der Waals surface area contributed by atoms with Crippen molar-refractivity contribution in [1.29, 1.82) is 0 Å². The molecule has 0 aliphatic heterocycles. The van der Waals surface area contributed by atoms with Gasteiger partial charge in [-0.25, -0.2) is 0 Å². The second-order valence-electron chi connectivity index (χ2n) is 7.03.